The molecule has 0 spiro atoms. The van der Waals surface area contributed by atoms with Crippen LogP contribution in [0.1, 0.15) is 95.7 Å². The second-order valence-electron chi connectivity index (χ2n) is 18.4. The van der Waals surface area contributed by atoms with E-state index >= 15 is 0 Å². The number of carbonyl (C=O) groups excluding carboxylic acids is 3. The number of rotatable bonds is 12. The van der Waals surface area contributed by atoms with Gasteiger partial charge < -0.3 is 25.5 Å². The number of carbonyl (C=O) groups is 3. The molecule has 10 rings (SSSR count). The number of β-amino-alcohol motifs (C(OH)–C–C–N with tert-alkyl or cyclic N) is 1. The molecule has 7 aromatic rings. The molecule has 2 fully saturated rings. The molecule has 0 saturated carbocycles. The number of aliphatic hydroxyl groups is 1. The number of halogens is 1. The minimum atomic E-state index is -0.828. The summed E-state index contributed by atoms with van der Waals surface area (Å²) in [5.74, 6) is 1.36. The first-order valence-corrected chi connectivity index (χ1v) is 25.5. The van der Waals surface area contributed by atoms with Gasteiger partial charge in [-0.15, -0.1) is 32.9 Å². The van der Waals surface area contributed by atoms with Crippen molar-refractivity contribution in [2.24, 2.45) is 4.99 Å². The first kappa shape index (κ1) is 47.1. The number of anilines is 1. The molecule has 3 aliphatic rings. The van der Waals surface area contributed by atoms with E-state index in [0.717, 1.165) is 78.3 Å². The zero-order chi connectivity index (χ0) is 49.0. The maximum absolute atomic E-state index is 14.1. The quantitative estimate of drug-likeness (QED) is 0.110. The molecular weight excluding hydrogens is 944 g/mol. The zero-order valence-corrected chi connectivity index (χ0v) is 42.0. The van der Waals surface area contributed by atoms with Crippen LogP contribution in [0.2, 0.25) is 5.02 Å². The zero-order valence-electron chi connectivity index (χ0n) is 39.6. The van der Waals surface area contributed by atoms with Crippen molar-refractivity contribution in [3.63, 3.8) is 0 Å². The van der Waals surface area contributed by atoms with E-state index in [1.165, 1.54) is 9.78 Å². The molecule has 6 atom stereocenters. The van der Waals surface area contributed by atoms with Gasteiger partial charge in [0.2, 0.25) is 17.7 Å². The number of nitrogens with zero attached hydrogens (tertiary/aromatic N) is 10. The van der Waals surface area contributed by atoms with Crippen LogP contribution in [-0.4, -0.2) is 106 Å². The number of amides is 3. The van der Waals surface area contributed by atoms with E-state index in [2.05, 4.69) is 49.7 Å². The van der Waals surface area contributed by atoms with Crippen LogP contribution in [0.15, 0.2) is 89.8 Å². The van der Waals surface area contributed by atoms with Gasteiger partial charge in [-0.1, -0.05) is 48.0 Å². The minimum Gasteiger partial charge on any atom is -0.391 e. The summed E-state index contributed by atoms with van der Waals surface area (Å²) in [6.07, 6.45) is 5.41. The van der Waals surface area contributed by atoms with E-state index in [-0.39, 0.29) is 49.2 Å². The number of aliphatic hydroxyl groups excluding tert-OH is 1. The van der Waals surface area contributed by atoms with Crippen molar-refractivity contribution in [2.75, 3.05) is 24.5 Å². The summed E-state index contributed by atoms with van der Waals surface area (Å²) < 4.78 is 3.64. The Morgan fingerprint density at radius 1 is 0.929 bits per heavy atom. The van der Waals surface area contributed by atoms with Gasteiger partial charge in [-0.05, 0) is 94.5 Å². The summed E-state index contributed by atoms with van der Waals surface area (Å²) in [5.41, 5.74) is 10.3. The Kier molecular flexibility index (Phi) is 13.0. The van der Waals surface area contributed by atoms with Crippen LogP contribution >= 0.6 is 34.3 Å². The lowest BCUT2D eigenvalue weighted by atomic mass is 9.99. The summed E-state index contributed by atoms with van der Waals surface area (Å²) in [6.45, 7) is 13.1. The van der Waals surface area contributed by atoms with E-state index < -0.39 is 24.2 Å². The fraction of sp³-hybridized carbons (Fsp3) is 0.353. The molecule has 19 heteroatoms. The van der Waals surface area contributed by atoms with E-state index in [4.69, 9.17) is 21.6 Å². The van der Waals surface area contributed by atoms with Crippen molar-refractivity contribution in [3.8, 4) is 26.6 Å². The van der Waals surface area contributed by atoms with Crippen LogP contribution in [0.4, 0.5) is 5.82 Å². The topological polar surface area (TPSA) is 189 Å². The van der Waals surface area contributed by atoms with Crippen molar-refractivity contribution < 1.29 is 19.5 Å². The van der Waals surface area contributed by atoms with Crippen LogP contribution in [0.3, 0.4) is 0 Å². The number of aryl methyl sites for hydroxylation is 3. The molecule has 0 unspecified atom stereocenters. The predicted molar refractivity (Wildman–Crippen MR) is 272 cm³/mol. The summed E-state index contributed by atoms with van der Waals surface area (Å²) in [4.78, 5) is 61.9. The number of thiazole rings is 1. The molecular formula is C51H53ClN12O4S2. The molecule has 2 saturated heterocycles. The Hall–Kier alpha value is -6.60. The standard InChI is InChI=1S/C51H53ClN12O4S2/c1-27-31(5)70-51-45(27)46(34-11-13-38(52)14-12-34)58-41(48-60-59-32(6)64(48)51)21-44(66)57-39-16-18-61(24-39)43-19-36(15-17-53-43)37-22-55-63(23-37)30(4)50(68)62-25-40(65)20-42(62)49(67)56-28(2)33-7-9-35(10-8-33)47-29(3)54-26-69-47/h7-15,17,19,22-23,26,28,30,39-42,65H,16,18,20-21,24-25H2,1-6H3,(H,56,67)(H,57,66)/t28-,30+,39-,40+,41-,42-/m0/s1. The fourth-order valence-electron chi connectivity index (χ4n) is 9.70. The summed E-state index contributed by atoms with van der Waals surface area (Å²) in [5, 5.41) is 32.2. The molecule has 70 heavy (non-hydrogen) atoms. The molecule has 3 N–H and O–H groups in total. The van der Waals surface area contributed by atoms with Gasteiger partial charge in [-0.3, -0.25) is 28.6 Å². The maximum Gasteiger partial charge on any atom is 0.247 e. The fourth-order valence-corrected chi connectivity index (χ4v) is 11.9. The molecule has 0 radical (unpaired) electrons. The Morgan fingerprint density at radius 2 is 1.70 bits per heavy atom. The van der Waals surface area contributed by atoms with Gasteiger partial charge in [0.25, 0.3) is 0 Å². The van der Waals surface area contributed by atoms with Gasteiger partial charge in [0, 0.05) is 71.1 Å². The molecule has 360 valence electrons. The highest BCUT2D eigenvalue weighted by Crippen LogP contribution is 2.40. The van der Waals surface area contributed by atoms with Crippen molar-refractivity contribution in [3.05, 3.63) is 134 Å². The molecule has 3 amide bonds. The van der Waals surface area contributed by atoms with Gasteiger partial charge in [-0.2, -0.15) is 5.10 Å². The van der Waals surface area contributed by atoms with E-state index in [0.29, 0.717) is 23.9 Å². The van der Waals surface area contributed by atoms with Crippen molar-refractivity contribution >= 4 is 63.5 Å². The molecule has 8 heterocycles. The largest absolute Gasteiger partial charge is 0.391 e. The van der Waals surface area contributed by atoms with Gasteiger partial charge in [-0.25, -0.2) is 9.97 Å². The van der Waals surface area contributed by atoms with Crippen molar-refractivity contribution in [1.29, 1.82) is 0 Å². The number of thiophene rings is 1. The predicted octanol–water partition coefficient (Wildman–Crippen LogP) is 7.68. The third-order valence-electron chi connectivity index (χ3n) is 13.7. The monoisotopic (exact) mass is 996 g/mol. The highest BCUT2D eigenvalue weighted by atomic mass is 35.5. The Morgan fingerprint density at radius 3 is 2.46 bits per heavy atom. The highest BCUT2D eigenvalue weighted by Gasteiger charge is 2.41. The summed E-state index contributed by atoms with van der Waals surface area (Å²) >= 11 is 9.55. The Bertz CT molecular complexity index is 3140. The third kappa shape index (κ3) is 9.16. The smallest absolute Gasteiger partial charge is 0.247 e. The van der Waals surface area contributed by atoms with Crippen LogP contribution in [-0.2, 0) is 14.4 Å². The van der Waals surface area contributed by atoms with E-state index in [1.807, 2.05) is 97.7 Å². The Balaban J connectivity index is 0.776. The molecule has 3 aliphatic heterocycles. The lowest BCUT2D eigenvalue weighted by molar-refractivity contribution is -0.141. The third-order valence-corrected chi connectivity index (χ3v) is 16.1. The first-order valence-electron chi connectivity index (χ1n) is 23.4. The number of aliphatic imine (C=N–C) groups is 1. The normalized spacial score (nSPS) is 19.6. The number of hydrogen-bond donors (Lipinski definition) is 3. The second kappa shape index (κ2) is 19.3. The average Bonchev–Trinajstić information content (AvgIpc) is 4.23. The molecule has 5 aromatic heterocycles. The van der Waals surface area contributed by atoms with Crippen LogP contribution in [0.5, 0.6) is 0 Å². The van der Waals surface area contributed by atoms with Crippen molar-refractivity contribution in [1.82, 2.24) is 50.0 Å². The number of aromatic nitrogens is 7. The van der Waals surface area contributed by atoms with E-state index in [9.17, 15) is 19.5 Å². The minimum absolute atomic E-state index is 0.0513. The van der Waals surface area contributed by atoms with Gasteiger partial charge in [0.05, 0.1) is 46.6 Å². The Labute approximate surface area is 418 Å². The first-order chi connectivity index (χ1) is 33.7. The number of likely N-dealkylation sites (tertiary alicyclic amines) is 1. The maximum atomic E-state index is 14.1. The summed E-state index contributed by atoms with van der Waals surface area (Å²) in [6, 6.07) is 17.0. The average molecular weight is 998 g/mol. The lowest BCUT2D eigenvalue weighted by Gasteiger charge is -2.27. The van der Waals surface area contributed by atoms with Crippen molar-refractivity contribution in [2.45, 2.75) is 97.1 Å². The van der Waals surface area contributed by atoms with Crippen LogP contribution in [0.25, 0.3) is 26.6 Å². The number of fused-ring (bicyclic) bond motifs is 3. The second-order valence-corrected chi connectivity index (χ2v) is 20.9. The molecule has 16 nitrogen and oxygen atoms in total. The van der Waals surface area contributed by atoms with Gasteiger partial charge in [0.1, 0.15) is 34.8 Å². The van der Waals surface area contributed by atoms with Gasteiger partial charge >= 0.3 is 0 Å². The lowest BCUT2D eigenvalue weighted by Crippen LogP contribution is -2.48. The van der Waals surface area contributed by atoms with Crippen LogP contribution in [0, 0.1) is 27.7 Å². The SMILES string of the molecule is Cc1ncsc1-c1ccc([C@H](C)NC(=O)[C@@H]2C[C@@H](O)CN2C(=O)[C@@H](C)n2cc(-c3ccnc(N4CC[C@H](NC(=O)C[C@@H]5N=C(c6ccc(Cl)cc6)c6c(sc(C)c6C)-n6c(C)nnc65)C4)c3)cn2)cc1. The number of nitrogens with one attached hydrogen (secondary N) is 2. The van der Waals surface area contributed by atoms with Gasteiger partial charge in [0.15, 0.2) is 5.82 Å². The number of hydrogen-bond acceptors (Lipinski definition) is 13. The molecule has 0 aliphatic carbocycles. The molecule has 0 bridgehead atoms. The number of benzene rings is 2. The molecule has 2 aromatic carbocycles. The number of pyridine rings is 1. The van der Waals surface area contributed by atoms with Crippen LogP contribution < -0.4 is 15.5 Å². The summed E-state index contributed by atoms with van der Waals surface area (Å²) in [7, 11) is 0. The highest BCUT2D eigenvalue weighted by molar-refractivity contribution is 7.15. The van der Waals surface area contributed by atoms with E-state index in [1.54, 1.807) is 46.7 Å².